The van der Waals surface area contributed by atoms with E-state index in [0.29, 0.717) is 5.41 Å². The Morgan fingerprint density at radius 2 is 1.65 bits per heavy atom. The van der Waals surface area contributed by atoms with E-state index in [0.717, 1.165) is 41.4 Å². The first-order valence-corrected chi connectivity index (χ1v) is 10.5. The molecule has 0 aromatic heterocycles. The number of hydrogen-bond acceptors (Lipinski definition) is 0. The summed E-state index contributed by atoms with van der Waals surface area (Å²) in [5.41, 5.74) is 2.03. The van der Waals surface area contributed by atoms with Crippen molar-refractivity contribution in [1.29, 1.82) is 0 Å². The van der Waals surface area contributed by atoms with Gasteiger partial charge in [0.2, 0.25) is 0 Å². The van der Waals surface area contributed by atoms with Gasteiger partial charge in [-0.15, -0.1) is 0 Å². The summed E-state index contributed by atoms with van der Waals surface area (Å²) in [7, 11) is 0. The van der Waals surface area contributed by atoms with Gasteiger partial charge in [-0.3, -0.25) is 0 Å². The van der Waals surface area contributed by atoms with Gasteiger partial charge in [-0.1, -0.05) is 52.7 Å². The molecule has 0 aromatic carbocycles. The van der Waals surface area contributed by atoms with Crippen LogP contribution >= 0.6 is 0 Å². The highest BCUT2D eigenvalue weighted by molar-refractivity contribution is 5.13. The van der Waals surface area contributed by atoms with Crippen LogP contribution in [0.25, 0.3) is 0 Å². The SMILES string of the molecule is C=C(C)C1CCC2C3CCC(C)CCC(C(C)C)C3CCC12C. The van der Waals surface area contributed by atoms with Crippen molar-refractivity contribution in [3.05, 3.63) is 12.2 Å². The molecule has 7 atom stereocenters. The molecular formula is C23H40. The normalized spacial score (nSPS) is 47.6. The highest BCUT2D eigenvalue weighted by Crippen LogP contribution is 2.63. The monoisotopic (exact) mass is 316 g/mol. The molecule has 0 bridgehead atoms. The van der Waals surface area contributed by atoms with Crippen molar-refractivity contribution in [3.8, 4) is 0 Å². The van der Waals surface area contributed by atoms with Crippen molar-refractivity contribution in [2.45, 2.75) is 86.0 Å². The van der Waals surface area contributed by atoms with Crippen molar-refractivity contribution in [2.24, 2.45) is 46.8 Å². The number of hydrogen-bond donors (Lipinski definition) is 0. The third-order valence-corrected chi connectivity index (χ3v) is 8.48. The predicted molar refractivity (Wildman–Crippen MR) is 101 cm³/mol. The van der Waals surface area contributed by atoms with E-state index in [2.05, 4.69) is 41.2 Å². The van der Waals surface area contributed by atoms with E-state index in [9.17, 15) is 0 Å². The smallest absolute Gasteiger partial charge is 0.0152 e. The Kier molecular flexibility index (Phi) is 5.01. The molecule has 0 saturated heterocycles. The molecular weight excluding hydrogens is 276 g/mol. The molecule has 0 heteroatoms. The Morgan fingerprint density at radius 1 is 0.957 bits per heavy atom. The lowest BCUT2D eigenvalue weighted by Crippen LogP contribution is -2.45. The second-order valence-corrected chi connectivity index (χ2v) is 10.1. The summed E-state index contributed by atoms with van der Waals surface area (Å²) in [4.78, 5) is 0. The Hall–Kier alpha value is -0.260. The Labute approximate surface area is 145 Å². The van der Waals surface area contributed by atoms with E-state index in [1.807, 2.05) is 0 Å². The average Bonchev–Trinajstić information content (AvgIpc) is 2.81. The molecule has 7 unspecified atom stereocenters. The molecule has 0 spiro atoms. The molecule has 0 heterocycles. The van der Waals surface area contributed by atoms with Crippen LogP contribution in [0, 0.1) is 46.8 Å². The largest absolute Gasteiger partial charge is 0.0998 e. The summed E-state index contributed by atoms with van der Waals surface area (Å²) >= 11 is 0. The van der Waals surface area contributed by atoms with Gasteiger partial charge >= 0.3 is 0 Å². The summed E-state index contributed by atoms with van der Waals surface area (Å²) in [6.07, 6.45) is 11.8. The van der Waals surface area contributed by atoms with Gasteiger partial charge in [-0.25, -0.2) is 0 Å². The fraction of sp³-hybridized carbons (Fsp3) is 0.913. The maximum absolute atomic E-state index is 4.37. The quantitative estimate of drug-likeness (QED) is 0.476. The lowest BCUT2D eigenvalue weighted by molar-refractivity contribution is -0.0280. The van der Waals surface area contributed by atoms with Crippen LogP contribution in [0.15, 0.2) is 12.2 Å². The van der Waals surface area contributed by atoms with Gasteiger partial charge in [-0.2, -0.15) is 0 Å². The standard InChI is InChI=1S/C23H40/c1-15(2)18-9-7-17(5)8-10-20-19(18)13-14-23(6)21(16(3)4)11-12-22(20)23/h15,17-22H,3,7-14H2,1-2,4-6H3. The lowest BCUT2D eigenvalue weighted by atomic mass is 9.52. The molecule has 3 aliphatic carbocycles. The van der Waals surface area contributed by atoms with Crippen LogP contribution in [-0.2, 0) is 0 Å². The van der Waals surface area contributed by atoms with Crippen LogP contribution in [0.3, 0.4) is 0 Å². The first-order valence-electron chi connectivity index (χ1n) is 10.5. The Balaban J connectivity index is 1.88. The zero-order valence-corrected chi connectivity index (χ0v) is 16.4. The highest BCUT2D eigenvalue weighted by atomic mass is 14.6. The van der Waals surface area contributed by atoms with Crippen molar-refractivity contribution >= 4 is 0 Å². The van der Waals surface area contributed by atoms with Crippen LogP contribution in [0.2, 0.25) is 0 Å². The molecule has 0 N–H and O–H groups in total. The first-order chi connectivity index (χ1) is 10.8. The maximum atomic E-state index is 4.37. The van der Waals surface area contributed by atoms with Gasteiger partial charge in [0.15, 0.2) is 0 Å². The van der Waals surface area contributed by atoms with Gasteiger partial charge < -0.3 is 0 Å². The van der Waals surface area contributed by atoms with E-state index in [-0.39, 0.29) is 0 Å². The van der Waals surface area contributed by atoms with E-state index in [1.54, 1.807) is 0 Å². The van der Waals surface area contributed by atoms with E-state index in [4.69, 9.17) is 0 Å². The summed E-state index contributed by atoms with van der Waals surface area (Å²) in [5.74, 6) is 6.61. The summed E-state index contributed by atoms with van der Waals surface area (Å²) in [6.45, 7) is 16.8. The molecule has 0 aliphatic heterocycles. The zero-order valence-electron chi connectivity index (χ0n) is 16.4. The summed E-state index contributed by atoms with van der Waals surface area (Å²) in [6, 6.07) is 0. The van der Waals surface area contributed by atoms with E-state index in [1.165, 1.54) is 56.9 Å². The van der Waals surface area contributed by atoms with Crippen LogP contribution in [-0.4, -0.2) is 0 Å². The van der Waals surface area contributed by atoms with Gasteiger partial charge in [-0.05, 0) is 92.3 Å². The Morgan fingerprint density at radius 3 is 2.30 bits per heavy atom. The average molecular weight is 317 g/mol. The topological polar surface area (TPSA) is 0 Å². The molecule has 132 valence electrons. The third-order valence-electron chi connectivity index (χ3n) is 8.48. The number of allylic oxidation sites excluding steroid dienone is 1. The van der Waals surface area contributed by atoms with Crippen LogP contribution in [0.1, 0.15) is 86.0 Å². The van der Waals surface area contributed by atoms with Crippen molar-refractivity contribution in [2.75, 3.05) is 0 Å². The van der Waals surface area contributed by atoms with Crippen molar-refractivity contribution in [1.82, 2.24) is 0 Å². The molecule has 3 rings (SSSR count). The van der Waals surface area contributed by atoms with Crippen LogP contribution < -0.4 is 0 Å². The maximum Gasteiger partial charge on any atom is -0.0152 e. The van der Waals surface area contributed by atoms with Crippen molar-refractivity contribution < 1.29 is 0 Å². The van der Waals surface area contributed by atoms with Crippen molar-refractivity contribution in [3.63, 3.8) is 0 Å². The molecule has 3 fully saturated rings. The zero-order chi connectivity index (χ0) is 16.8. The minimum atomic E-state index is 0.566. The molecule has 23 heavy (non-hydrogen) atoms. The molecule has 0 nitrogen and oxygen atoms in total. The van der Waals surface area contributed by atoms with Gasteiger partial charge in [0, 0.05) is 0 Å². The second-order valence-electron chi connectivity index (χ2n) is 10.1. The van der Waals surface area contributed by atoms with Gasteiger partial charge in [0.1, 0.15) is 0 Å². The molecule has 0 radical (unpaired) electrons. The third kappa shape index (κ3) is 3.05. The number of rotatable bonds is 2. The van der Waals surface area contributed by atoms with E-state index >= 15 is 0 Å². The molecule has 0 aromatic rings. The highest BCUT2D eigenvalue weighted by Gasteiger charge is 2.54. The molecule has 0 amide bonds. The van der Waals surface area contributed by atoms with Crippen LogP contribution in [0.4, 0.5) is 0 Å². The van der Waals surface area contributed by atoms with Gasteiger partial charge in [0.25, 0.3) is 0 Å². The molecule has 3 aliphatic rings. The minimum Gasteiger partial charge on any atom is -0.0998 e. The predicted octanol–water partition coefficient (Wildman–Crippen LogP) is 7.10. The van der Waals surface area contributed by atoms with E-state index < -0.39 is 0 Å². The van der Waals surface area contributed by atoms with Crippen LogP contribution in [0.5, 0.6) is 0 Å². The fourth-order valence-corrected chi connectivity index (χ4v) is 7.21. The molecule has 3 saturated carbocycles. The fourth-order valence-electron chi connectivity index (χ4n) is 7.21. The summed E-state index contributed by atoms with van der Waals surface area (Å²) < 4.78 is 0. The first kappa shape index (κ1) is 17.6. The lowest BCUT2D eigenvalue weighted by Gasteiger charge is -2.53. The number of fused-ring (bicyclic) bond motifs is 3. The summed E-state index contributed by atoms with van der Waals surface area (Å²) in [5, 5.41) is 0. The minimum absolute atomic E-state index is 0.566. The van der Waals surface area contributed by atoms with Gasteiger partial charge in [0.05, 0.1) is 0 Å². The second kappa shape index (κ2) is 6.57. The Bertz CT molecular complexity index is 433.